The summed E-state index contributed by atoms with van der Waals surface area (Å²) in [6.07, 6.45) is 0. The van der Waals surface area contributed by atoms with Gasteiger partial charge in [-0.1, -0.05) is 123 Å². The van der Waals surface area contributed by atoms with E-state index in [1.54, 1.807) is 0 Å². The zero-order valence-corrected chi connectivity index (χ0v) is 26.1. The summed E-state index contributed by atoms with van der Waals surface area (Å²) in [5, 5.41) is 5.14. The molecule has 214 valence electrons. The molecule has 0 spiro atoms. The lowest BCUT2D eigenvalue weighted by atomic mass is 9.82. The Hall–Kier alpha value is -5.18. The molecule has 1 heterocycles. The summed E-state index contributed by atoms with van der Waals surface area (Å²) < 4.78 is 2.62. The molecule has 1 aromatic heterocycles. The number of hydrogen-bond donors (Lipinski definition) is 0. The van der Waals surface area contributed by atoms with Crippen LogP contribution in [0.2, 0.25) is 0 Å². The van der Waals surface area contributed by atoms with Crippen LogP contribution in [0.1, 0.15) is 25.0 Å². The van der Waals surface area contributed by atoms with Gasteiger partial charge in [0.15, 0.2) is 0 Å². The molecule has 0 N–H and O–H groups in total. The number of thiophene rings is 1. The van der Waals surface area contributed by atoms with Gasteiger partial charge in [0.25, 0.3) is 0 Å². The van der Waals surface area contributed by atoms with Gasteiger partial charge in [-0.2, -0.15) is 0 Å². The van der Waals surface area contributed by atoms with E-state index in [1.165, 1.54) is 75.7 Å². The predicted octanol–water partition coefficient (Wildman–Crippen LogP) is 12.7. The molecule has 1 aliphatic carbocycles. The number of benzene rings is 7. The van der Waals surface area contributed by atoms with Gasteiger partial charge < -0.3 is 4.90 Å². The number of rotatable bonds is 4. The highest BCUT2D eigenvalue weighted by Crippen LogP contribution is 2.55. The Kier molecular flexibility index (Phi) is 5.78. The normalized spacial score (nSPS) is 13.3. The van der Waals surface area contributed by atoms with Crippen molar-refractivity contribution in [3.63, 3.8) is 0 Å². The van der Waals surface area contributed by atoms with Crippen LogP contribution in [-0.2, 0) is 5.41 Å². The maximum absolute atomic E-state index is 2.50. The largest absolute Gasteiger partial charge is 0.309 e. The van der Waals surface area contributed by atoms with Gasteiger partial charge in [0.2, 0.25) is 0 Å². The maximum atomic E-state index is 2.50. The molecule has 0 aliphatic heterocycles. The molecule has 1 nitrogen and oxygen atoms in total. The van der Waals surface area contributed by atoms with Crippen LogP contribution in [-0.4, -0.2) is 0 Å². The van der Waals surface area contributed by atoms with E-state index in [-0.39, 0.29) is 5.41 Å². The minimum absolute atomic E-state index is 0.0748. The summed E-state index contributed by atoms with van der Waals surface area (Å²) in [6.45, 7) is 4.72. The topological polar surface area (TPSA) is 3.24 Å². The molecule has 0 amide bonds. The quantitative estimate of drug-likeness (QED) is 0.196. The van der Waals surface area contributed by atoms with Crippen LogP contribution in [0.3, 0.4) is 0 Å². The standard InChI is InChI=1S/C43H31NS/c1-43(2)35-15-7-5-13-33(35)41-36(43)16-9-17-37(41)44(38-18-10-20-40-42(38)34-14-6-8-19-39(34)45-40)32-25-23-29(24-26-32)31-22-21-28-11-3-4-12-30(28)27-31/h3-27H,1-2H3. The van der Waals surface area contributed by atoms with Gasteiger partial charge in [-0.15, -0.1) is 11.3 Å². The van der Waals surface area contributed by atoms with Crippen molar-refractivity contribution in [3.05, 3.63) is 163 Å². The zero-order chi connectivity index (χ0) is 30.1. The van der Waals surface area contributed by atoms with Gasteiger partial charge in [-0.3, -0.25) is 0 Å². The lowest BCUT2D eigenvalue weighted by Gasteiger charge is -2.29. The Balaban J connectivity index is 1.29. The van der Waals surface area contributed by atoms with Crippen molar-refractivity contribution < 1.29 is 0 Å². The molecule has 45 heavy (non-hydrogen) atoms. The van der Waals surface area contributed by atoms with E-state index in [1.807, 2.05) is 11.3 Å². The molecule has 9 rings (SSSR count). The first-order valence-corrected chi connectivity index (χ1v) is 16.4. The van der Waals surface area contributed by atoms with Gasteiger partial charge in [0.1, 0.15) is 0 Å². The van der Waals surface area contributed by atoms with Gasteiger partial charge in [-0.25, -0.2) is 0 Å². The first-order valence-electron chi connectivity index (χ1n) is 15.6. The van der Waals surface area contributed by atoms with E-state index in [0.717, 1.165) is 5.69 Å². The van der Waals surface area contributed by atoms with Crippen LogP contribution in [0, 0.1) is 0 Å². The van der Waals surface area contributed by atoms with Crippen LogP contribution in [0.4, 0.5) is 17.1 Å². The first-order chi connectivity index (χ1) is 22.1. The van der Waals surface area contributed by atoms with E-state index in [2.05, 4.69) is 170 Å². The summed E-state index contributed by atoms with van der Waals surface area (Å²) >= 11 is 1.87. The fourth-order valence-corrected chi connectivity index (χ4v) is 8.57. The lowest BCUT2D eigenvalue weighted by Crippen LogP contribution is -2.16. The van der Waals surface area contributed by atoms with Crippen LogP contribution in [0.15, 0.2) is 152 Å². The average Bonchev–Trinajstić information content (AvgIpc) is 3.58. The van der Waals surface area contributed by atoms with Crippen molar-refractivity contribution in [2.24, 2.45) is 0 Å². The molecule has 0 unspecified atom stereocenters. The van der Waals surface area contributed by atoms with Crippen molar-refractivity contribution in [1.82, 2.24) is 0 Å². The molecule has 1 aliphatic rings. The van der Waals surface area contributed by atoms with E-state index in [9.17, 15) is 0 Å². The van der Waals surface area contributed by atoms with E-state index < -0.39 is 0 Å². The van der Waals surface area contributed by atoms with E-state index in [4.69, 9.17) is 0 Å². The van der Waals surface area contributed by atoms with E-state index in [0.29, 0.717) is 0 Å². The number of hydrogen-bond acceptors (Lipinski definition) is 2. The van der Waals surface area contributed by atoms with Crippen LogP contribution >= 0.6 is 11.3 Å². The first kappa shape index (κ1) is 26.2. The van der Waals surface area contributed by atoms with Crippen LogP contribution in [0.25, 0.3) is 53.2 Å². The highest BCUT2D eigenvalue weighted by atomic mass is 32.1. The molecule has 0 saturated carbocycles. The molecular weight excluding hydrogens is 563 g/mol. The second-order valence-electron chi connectivity index (χ2n) is 12.6. The van der Waals surface area contributed by atoms with Gasteiger partial charge in [0.05, 0.1) is 11.4 Å². The minimum atomic E-state index is -0.0748. The Morgan fingerprint density at radius 3 is 2.07 bits per heavy atom. The Morgan fingerprint density at radius 1 is 0.511 bits per heavy atom. The van der Waals surface area contributed by atoms with Crippen molar-refractivity contribution in [2.45, 2.75) is 19.3 Å². The van der Waals surface area contributed by atoms with Gasteiger partial charge >= 0.3 is 0 Å². The molecule has 0 atom stereocenters. The molecule has 0 radical (unpaired) electrons. The maximum Gasteiger partial charge on any atom is 0.0555 e. The number of nitrogens with zero attached hydrogens (tertiary/aromatic N) is 1. The highest BCUT2D eigenvalue weighted by Gasteiger charge is 2.37. The van der Waals surface area contributed by atoms with Crippen molar-refractivity contribution >= 4 is 59.3 Å². The Morgan fingerprint density at radius 2 is 1.18 bits per heavy atom. The number of fused-ring (bicyclic) bond motifs is 7. The fourth-order valence-electron chi connectivity index (χ4n) is 7.44. The zero-order valence-electron chi connectivity index (χ0n) is 25.3. The summed E-state index contributed by atoms with van der Waals surface area (Å²) in [6, 6.07) is 55.9. The third-order valence-corrected chi connectivity index (χ3v) is 10.8. The molecule has 0 saturated heterocycles. The third-order valence-electron chi connectivity index (χ3n) is 9.66. The summed E-state index contributed by atoms with van der Waals surface area (Å²) in [7, 11) is 0. The van der Waals surface area contributed by atoms with Gasteiger partial charge in [-0.05, 0) is 81.1 Å². The second kappa shape index (κ2) is 9.92. The number of anilines is 3. The van der Waals surface area contributed by atoms with Crippen LogP contribution in [0.5, 0.6) is 0 Å². The molecule has 0 fully saturated rings. The molecule has 8 aromatic rings. The summed E-state index contributed by atoms with van der Waals surface area (Å²) in [5.41, 5.74) is 11.4. The second-order valence-corrected chi connectivity index (χ2v) is 13.6. The molecule has 2 heteroatoms. The minimum Gasteiger partial charge on any atom is -0.309 e. The van der Waals surface area contributed by atoms with Crippen molar-refractivity contribution in [1.29, 1.82) is 0 Å². The Labute approximate surface area is 267 Å². The monoisotopic (exact) mass is 593 g/mol. The lowest BCUT2D eigenvalue weighted by molar-refractivity contribution is 0.660. The highest BCUT2D eigenvalue weighted by molar-refractivity contribution is 7.26. The summed E-state index contributed by atoms with van der Waals surface area (Å²) in [4.78, 5) is 2.50. The van der Waals surface area contributed by atoms with E-state index >= 15 is 0 Å². The Bertz CT molecular complexity index is 2410. The van der Waals surface area contributed by atoms with Crippen LogP contribution < -0.4 is 4.90 Å². The smallest absolute Gasteiger partial charge is 0.0555 e. The fraction of sp³-hybridized carbons (Fsp3) is 0.0698. The van der Waals surface area contributed by atoms with Gasteiger partial charge in [0, 0.05) is 36.8 Å². The molecule has 7 aromatic carbocycles. The third kappa shape index (κ3) is 3.99. The van der Waals surface area contributed by atoms with Crippen molar-refractivity contribution in [2.75, 3.05) is 4.90 Å². The SMILES string of the molecule is CC1(C)c2ccccc2-c2c(N(c3ccc(-c4ccc5ccccc5c4)cc3)c3cccc4sc5ccccc5c34)cccc21. The predicted molar refractivity (Wildman–Crippen MR) is 195 cm³/mol. The summed E-state index contributed by atoms with van der Waals surface area (Å²) in [5.74, 6) is 0. The average molecular weight is 594 g/mol. The molecular formula is C43H31NS. The molecule has 0 bridgehead atoms. The van der Waals surface area contributed by atoms with Crippen molar-refractivity contribution in [3.8, 4) is 22.3 Å².